The van der Waals surface area contributed by atoms with Crippen molar-refractivity contribution < 1.29 is 14.7 Å². The molecule has 0 aliphatic carbocycles. The largest absolute Gasteiger partial charge is 0.478 e. The summed E-state index contributed by atoms with van der Waals surface area (Å²) in [4.78, 5) is 23.0. The number of carboxylic acid groups (broad SMARTS) is 1. The Bertz CT molecular complexity index is 631. The van der Waals surface area contributed by atoms with Crippen LogP contribution in [0.1, 0.15) is 20.7 Å². The summed E-state index contributed by atoms with van der Waals surface area (Å²) >= 11 is 2.01. The SMILES string of the molecule is O=C(Nc1ccc(I)cc1C(=O)O)c1ccnnc1. The van der Waals surface area contributed by atoms with E-state index >= 15 is 0 Å². The maximum atomic E-state index is 11.9. The molecule has 0 atom stereocenters. The van der Waals surface area contributed by atoms with Crippen LogP contribution in [0.3, 0.4) is 0 Å². The first-order valence-corrected chi connectivity index (χ1v) is 6.26. The van der Waals surface area contributed by atoms with Gasteiger partial charge >= 0.3 is 5.97 Å². The number of carbonyl (C=O) groups is 2. The molecule has 96 valence electrons. The predicted octanol–water partition coefficient (Wildman–Crippen LogP) is 2.03. The normalized spacial score (nSPS) is 9.95. The van der Waals surface area contributed by atoms with E-state index in [4.69, 9.17) is 5.11 Å². The van der Waals surface area contributed by atoms with Crippen molar-refractivity contribution in [1.29, 1.82) is 0 Å². The van der Waals surface area contributed by atoms with Gasteiger partial charge in [-0.3, -0.25) is 4.79 Å². The fraction of sp³-hybridized carbons (Fsp3) is 0. The highest BCUT2D eigenvalue weighted by molar-refractivity contribution is 14.1. The van der Waals surface area contributed by atoms with E-state index in [1.807, 2.05) is 22.6 Å². The van der Waals surface area contributed by atoms with Crippen LogP contribution in [0, 0.1) is 3.57 Å². The van der Waals surface area contributed by atoms with E-state index in [1.54, 1.807) is 12.1 Å². The number of benzene rings is 1. The lowest BCUT2D eigenvalue weighted by molar-refractivity contribution is 0.0698. The maximum Gasteiger partial charge on any atom is 0.337 e. The Morgan fingerprint density at radius 3 is 2.63 bits per heavy atom. The third-order valence-electron chi connectivity index (χ3n) is 2.31. The van der Waals surface area contributed by atoms with Crippen molar-refractivity contribution in [3.63, 3.8) is 0 Å². The Kier molecular flexibility index (Phi) is 4.05. The van der Waals surface area contributed by atoms with E-state index in [-0.39, 0.29) is 11.3 Å². The van der Waals surface area contributed by atoms with Crippen LogP contribution in [0.15, 0.2) is 36.7 Å². The van der Waals surface area contributed by atoms with Gasteiger partial charge in [0.05, 0.1) is 29.2 Å². The van der Waals surface area contributed by atoms with Crippen LogP contribution in [0.5, 0.6) is 0 Å². The van der Waals surface area contributed by atoms with Crippen molar-refractivity contribution in [3.8, 4) is 0 Å². The van der Waals surface area contributed by atoms with Gasteiger partial charge in [0.25, 0.3) is 5.91 Å². The van der Waals surface area contributed by atoms with Crippen LogP contribution < -0.4 is 5.32 Å². The van der Waals surface area contributed by atoms with Gasteiger partial charge in [-0.2, -0.15) is 10.2 Å². The number of nitrogens with one attached hydrogen (secondary N) is 1. The van der Waals surface area contributed by atoms with Gasteiger partial charge in [-0.05, 0) is 46.9 Å². The fourth-order valence-corrected chi connectivity index (χ4v) is 1.91. The molecular formula is C12H8IN3O3. The molecule has 7 heteroatoms. The molecular weight excluding hydrogens is 361 g/mol. The number of rotatable bonds is 3. The molecule has 1 amide bonds. The molecule has 0 bridgehead atoms. The van der Waals surface area contributed by atoms with Gasteiger partial charge in [-0.1, -0.05) is 0 Å². The molecule has 2 rings (SSSR count). The van der Waals surface area contributed by atoms with Crippen molar-refractivity contribution in [2.45, 2.75) is 0 Å². The standard InChI is InChI=1S/C12H8IN3O3/c13-8-1-2-10(9(5-8)12(18)19)16-11(17)7-3-4-14-15-6-7/h1-6H,(H,16,17)(H,18,19). The lowest BCUT2D eigenvalue weighted by Gasteiger charge is -2.08. The lowest BCUT2D eigenvalue weighted by atomic mass is 10.1. The second-order valence-electron chi connectivity index (χ2n) is 3.58. The van der Waals surface area contributed by atoms with Crippen molar-refractivity contribution in [3.05, 3.63) is 51.4 Å². The molecule has 0 radical (unpaired) electrons. The van der Waals surface area contributed by atoms with E-state index in [0.717, 1.165) is 3.57 Å². The zero-order chi connectivity index (χ0) is 13.8. The van der Waals surface area contributed by atoms with Crippen molar-refractivity contribution in [2.24, 2.45) is 0 Å². The van der Waals surface area contributed by atoms with Gasteiger partial charge < -0.3 is 10.4 Å². The molecule has 19 heavy (non-hydrogen) atoms. The van der Waals surface area contributed by atoms with Crippen molar-refractivity contribution in [1.82, 2.24) is 10.2 Å². The van der Waals surface area contributed by atoms with E-state index in [2.05, 4.69) is 15.5 Å². The van der Waals surface area contributed by atoms with Crippen molar-refractivity contribution in [2.75, 3.05) is 5.32 Å². The quantitative estimate of drug-likeness (QED) is 0.808. The molecule has 0 aliphatic rings. The number of amides is 1. The highest BCUT2D eigenvalue weighted by atomic mass is 127. The monoisotopic (exact) mass is 369 g/mol. The summed E-state index contributed by atoms with van der Waals surface area (Å²) in [5, 5.41) is 18.8. The molecule has 2 N–H and O–H groups in total. The van der Waals surface area contributed by atoms with Gasteiger partial charge in [0.2, 0.25) is 0 Å². The average molecular weight is 369 g/mol. The summed E-state index contributed by atoms with van der Waals surface area (Å²) in [5.74, 6) is -1.53. The smallest absolute Gasteiger partial charge is 0.337 e. The molecule has 0 fully saturated rings. The van der Waals surface area contributed by atoms with Crippen molar-refractivity contribution >= 4 is 40.2 Å². The number of aromatic carboxylic acids is 1. The summed E-state index contributed by atoms with van der Waals surface area (Å²) in [6, 6.07) is 6.25. The van der Waals surface area contributed by atoms with Crippen LogP contribution >= 0.6 is 22.6 Å². The number of anilines is 1. The summed E-state index contributed by atoms with van der Waals surface area (Å²) in [5.41, 5.74) is 0.599. The summed E-state index contributed by atoms with van der Waals surface area (Å²) in [6.45, 7) is 0. The number of hydrogen-bond acceptors (Lipinski definition) is 4. The first-order valence-electron chi connectivity index (χ1n) is 5.19. The van der Waals surface area contributed by atoms with E-state index in [9.17, 15) is 9.59 Å². The minimum Gasteiger partial charge on any atom is -0.478 e. The molecule has 1 aromatic carbocycles. The number of carboxylic acids is 1. The van der Waals surface area contributed by atoms with Crippen LogP contribution in [-0.2, 0) is 0 Å². The molecule has 1 aromatic heterocycles. The Labute approximate surface area is 122 Å². The molecule has 0 aliphatic heterocycles. The number of aromatic nitrogens is 2. The first-order chi connectivity index (χ1) is 9.08. The number of carbonyl (C=O) groups excluding carboxylic acids is 1. The average Bonchev–Trinajstić information content (AvgIpc) is 2.41. The minimum absolute atomic E-state index is 0.0438. The molecule has 0 saturated carbocycles. The van der Waals surface area contributed by atoms with Gasteiger partial charge in [0.1, 0.15) is 0 Å². The van der Waals surface area contributed by atoms with Gasteiger partial charge in [-0.15, -0.1) is 0 Å². The molecule has 0 spiro atoms. The van der Waals surface area contributed by atoms with Crippen LogP contribution in [0.2, 0.25) is 0 Å². The van der Waals surface area contributed by atoms with E-state index in [1.165, 1.54) is 24.5 Å². The Morgan fingerprint density at radius 2 is 2.00 bits per heavy atom. The number of halogens is 1. The van der Waals surface area contributed by atoms with Gasteiger partial charge in [0, 0.05) is 3.57 Å². The first kappa shape index (κ1) is 13.4. The second-order valence-corrected chi connectivity index (χ2v) is 4.83. The molecule has 1 heterocycles. The number of hydrogen-bond donors (Lipinski definition) is 2. The Balaban J connectivity index is 2.29. The zero-order valence-corrected chi connectivity index (χ0v) is 11.7. The minimum atomic E-state index is -1.10. The molecule has 6 nitrogen and oxygen atoms in total. The maximum absolute atomic E-state index is 11.9. The molecule has 2 aromatic rings. The highest BCUT2D eigenvalue weighted by Crippen LogP contribution is 2.19. The third kappa shape index (κ3) is 3.25. The zero-order valence-electron chi connectivity index (χ0n) is 9.50. The predicted molar refractivity (Wildman–Crippen MR) is 76.1 cm³/mol. The van der Waals surface area contributed by atoms with Crippen LogP contribution in [-0.4, -0.2) is 27.2 Å². The number of nitrogens with zero attached hydrogens (tertiary/aromatic N) is 2. The lowest BCUT2D eigenvalue weighted by Crippen LogP contribution is -2.15. The van der Waals surface area contributed by atoms with Gasteiger partial charge in [-0.25, -0.2) is 4.79 Å². The van der Waals surface area contributed by atoms with E-state index < -0.39 is 11.9 Å². The summed E-state index contributed by atoms with van der Waals surface area (Å²) in [7, 11) is 0. The fourth-order valence-electron chi connectivity index (χ4n) is 1.42. The summed E-state index contributed by atoms with van der Waals surface area (Å²) < 4.78 is 0.776. The topological polar surface area (TPSA) is 92.2 Å². The van der Waals surface area contributed by atoms with E-state index in [0.29, 0.717) is 5.56 Å². The second kappa shape index (κ2) is 5.74. The highest BCUT2D eigenvalue weighted by Gasteiger charge is 2.14. The Hall–Kier alpha value is -2.03. The molecule has 0 saturated heterocycles. The summed E-state index contributed by atoms with van der Waals surface area (Å²) in [6.07, 6.45) is 2.70. The van der Waals surface area contributed by atoms with Crippen LogP contribution in [0.25, 0.3) is 0 Å². The molecule has 0 unspecified atom stereocenters. The Morgan fingerprint density at radius 1 is 1.21 bits per heavy atom. The van der Waals surface area contributed by atoms with Crippen LogP contribution in [0.4, 0.5) is 5.69 Å². The third-order valence-corrected chi connectivity index (χ3v) is 2.98. The van der Waals surface area contributed by atoms with Gasteiger partial charge in [0.15, 0.2) is 0 Å².